The molecule has 1 aliphatic carbocycles. The van der Waals surface area contributed by atoms with Gasteiger partial charge in [0.1, 0.15) is 12.4 Å². The van der Waals surface area contributed by atoms with E-state index in [2.05, 4.69) is 81.4 Å². The predicted octanol–water partition coefficient (Wildman–Crippen LogP) is 3.35. The van der Waals surface area contributed by atoms with Crippen molar-refractivity contribution in [2.75, 3.05) is 75.8 Å². The summed E-state index contributed by atoms with van der Waals surface area (Å²) in [6.07, 6.45) is 3.73. The van der Waals surface area contributed by atoms with Crippen molar-refractivity contribution in [2.24, 2.45) is 0 Å². The highest BCUT2D eigenvalue weighted by Crippen LogP contribution is 2.43. The Morgan fingerprint density at radius 1 is 1.02 bits per heavy atom. The number of fused-ring (bicyclic) bond motifs is 2. The number of nitrogens with one attached hydrogen (secondary N) is 1. The SMILES string of the molecule is Cc1cccc2cccc(N3CCc4c(nc(OCC5(N6CCN(C)CC6)CC5)nc4N4CCN[C@@H](CC#N)C4)C3)c12. The average molecular weight is 567 g/mol. The summed E-state index contributed by atoms with van der Waals surface area (Å²) in [6, 6.07) is 16.1. The Bertz CT molecular complexity index is 1480. The second-order valence-corrected chi connectivity index (χ2v) is 12.6. The van der Waals surface area contributed by atoms with E-state index < -0.39 is 0 Å². The molecule has 1 saturated carbocycles. The van der Waals surface area contributed by atoms with Gasteiger partial charge in [-0.1, -0.05) is 30.3 Å². The summed E-state index contributed by atoms with van der Waals surface area (Å²) in [6.45, 7) is 11.4. The lowest BCUT2D eigenvalue weighted by Gasteiger charge is -2.38. The number of hydrogen-bond acceptors (Lipinski definition) is 9. The van der Waals surface area contributed by atoms with Crippen molar-refractivity contribution in [3.63, 3.8) is 0 Å². The molecule has 4 heterocycles. The molecule has 9 nitrogen and oxygen atoms in total. The minimum Gasteiger partial charge on any atom is -0.461 e. The summed E-state index contributed by atoms with van der Waals surface area (Å²) in [5.74, 6) is 0.998. The molecule has 0 bridgehead atoms. The lowest BCUT2D eigenvalue weighted by molar-refractivity contribution is 0.0650. The fourth-order valence-electron chi connectivity index (χ4n) is 7.13. The third-order valence-electron chi connectivity index (χ3n) is 9.82. The van der Waals surface area contributed by atoms with Gasteiger partial charge in [0.15, 0.2) is 0 Å². The van der Waals surface area contributed by atoms with Crippen molar-refractivity contribution in [3.8, 4) is 12.1 Å². The quantitative estimate of drug-likeness (QED) is 0.463. The number of hydrogen-bond donors (Lipinski definition) is 1. The van der Waals surface area contributed by atoms with Crippen LogP contribution in [-0.2, 0) is 13.0 Å². The molecule has 1 atom stereocenters. The van der Waals surface area contributed by atoms with E-state index in [1.165, 1.54) is 40.4 Å². The molecule has 2 aromatic carbocycles. The molecule has 0 spiro atoms. The number of nitriles is 1. The fourth-order valence-corrected chi connectivity index (χ4v) is 7.13. The number of piperazine rings is 2. The minimum atomic E-state index is 0.125. The Morgan fingerprint density at radius 2 is 1.83 bits per heavy atom. The van der Waals surface area contributed by atoms with Crippen LogP contribution in [0.4, 0.5) is 11.5 Å². The van der Waals surface area contributed by atoms with Crippen LogP contribution in [0.1, 0.15) is 36.1 Å². The smallest absolute Gasteiger partial charge is 0.318 e. The lowest BCUT2D eigenvalue weighted by atomic mass is 9.99. The maximum Gasteiger partial charge on any atom is 0.318 e. The average Bonchev–Trinajstić information content (AvgIpc) is 3.81. The molecule has 0 unspecified atom stereocenters. The highest BCUT2D eigenvalue weighted by molar-refractivity contribution is 5.97. The first kappa shape index (κ1) is 27.4. The van der Waals surface area contributed by atoms with Crippen LogP contribution in [0.2, 0.25) is 0 Å². The van der Waals surface area contributed by atoms with Crippen molar-refractivity contribution >= 4 is 22.3 Å². The fraction of sp³-hybridized carbons (Fsp3) is 0.545. The molecule has 1 aromatic heterocycles. The van der Waals surface area contributed by atoms with Crippen LogP contribution >= 0.6 is 0 Å². The zero-order valence-electron chi connectivity index (χ0n) is 25.0. The minimum absolute atomic E-state index is 0.125. The van der Waals surface area contributed by atoms with Gasteiger partial charge in [0, 0.05) is 75.0 Å². The summed E-state index contributed by atoms with van der Waals surface area (Å²) < 4.78 is 6.52. The molecule has 220 valence electrons. The molecule has 3 aromatic rings. The van der Waals surface area contributed by atoms with Crippen LogP contribution < -0.4 is 19.9 Å². The highest BCUT2D eigenvalue weighted by Gasteiger charge is 2.49. The van der Waals surface area contributed by atoms with Gasteiger partial charge in [0.25, 0.3) is 0 Å². The van der Waals surface area contributed by atoms with E-state index >= 15 is 0 Å². The number of rotatable bonds is 7. The number of nitrogens with zero attached hydrogens (tertiary/aromatic N) is 7. The lowest BCUT2D eigenvalue weighted by Crippen LogP contribution is -2.52. The first-order valence-electron chi connectivity index (χ1n) is 15.6. The van der Waals surface area contributed by atoms with Crippen LogP contribution in [0.25, 0.3) is 10.8 Å². The summed E-state index contributed by atoms with van der Waals surface area (Å²) in [5, 5.41) is 15.4. The normalized spacial score (nSPS) is 22.5. The molecular formula is C33H42N8O. The van der Waals surface area contributed by atoms with Gasteiger partial charge in [-0.3, -0.25) is 4.90 Å². The van der Waals surface area contributed by atoms with Crippen LogP contribution in [0.5, 0.6) is 6.01 Å². The largest absolute Gasteiger partial charge is 0.461 e. The maximum atomic E-state index is 9.35. The number of aromatic nitrogens is 2. The number of ether oxygens (including phenoxy) is 1. The van der Waals surface area contributed by atoms with E-state index in [1.54, 1.807) is 0 Å². The standard InChI is InChI=1S/C33H42N8O/c1-24-5-3-6-25-7-4-8-29(30(24)25)39-15-10-27-28(22-39)36-32(37-31(27)40-16-14-35-26(21-40)9-13-34)42-23-33(11-12-33)41-19-17-38(2)18-20-41/h3-8,26,35H,9-12,14-23H2,1-2H3/t26-/m0/s1. The van der Waals surface area contributed by atoms with Crippen LogP contribution in [0.3, 0.4) is 0 Å². The Hall–Kier alpha value is -3.45. The number of benzene rings is 2. The van der Waals surface area contributed by atoms with E-state index in [0.717, 1.165) is 76.8 Å². The van der Waals surface area contributed by atoms with Crippen LogP contribution in [-0.4, -0.2) is 97.4 Å². The van der Waals surface area contributed by atoms with Gasteiger partial charge < -0.3 is 24.8 Å². The second-order valence-electron chi connectivity index (χ2n) is 12.6. The molecule has 4 aliphatic rings. The monoisotopic (exact) mass is 566 g/mol. The highest BCUT2D eigenvalue weighted by atomic mass is 16.5. The molecule has 0 amide bonds. The summed E-state index contributed by atoms with van der Waals surface area (Å²) in [7, 11) is 2.20. The van der Waals surface area contributed by atoms with E-state index in [1.807, 2.05) is 0 Å². The predicted molar refractivity (Wildman–Crippen MR) is 166 cm³/mol. The van der Waals surface area contributed by atoms with E-state index in [9.17, 15) is 5.26 Å². The zero-order valence-corrected chi connectivity index (χ0v) is 25.0. The van der Waals surface area contributed by atoms with Crippen molar-refractivity contribution in [3.05, 3.63) is 53.2 Å². The molecule has 1 N–H and O–H groups in total. The van der Waals surface area contributed by atoms with Gasteiger partial charge in [0.2, 0.25) is 0 Å². The third kappa shape index (κ3) is 5.28. The first-order chi connectivity index (χ1) is 20.5. The van der Waals surface area contributed by atoms with Crippen LogP contribution in [0, 0.1) is 18.3 Å². The second kappa shape index (κ2) is 11.3. The van der Waals surface area contributed by atoms with Crippen molar-refractivity contribution in [2.45, 2.75) is 50.7 Å². The molecular weight excluding hydrogens is 524 g/mol. The maximum absolute atomic E-state index is 9.35. The van der Waals surface area contributed by atoms with Crippen molar-refractivity contribution in [1.29, 1.82) is 5.26 Å². The third-order valence-corrected chi connectivity index (χ3v) is 9.82. The van der Waals surface area contributed by atoms with Gasteiger partial charge in [-0.05, 0) is 50.2 Å². The van der Waals surface area contributed by atoms with Gasteiger partial charge in [0.05, 0.1) is 30.3 Å². The summed E-state index contributed by atoms with van der Waals surface area (Å²) >= 11 is 0. The first-order valence-corrected chi connectivity index (χ1v) is 15.6. The molecule has 3 aliphatic heterocycles. The Morgan fingerprint density at radius 3 is 2.62 bits per heavy atom. The summed E-state index contributed by atoms with van der Waals surface area (Å²) in [4.78, 5) is 20.0. The number of likely N-dealkylation sites (N-methyl/N-ethyl adjacent to an activating group) is 1. The summed E-state index contributed by atoms with van der Waals surface area (Å²) in [5.41, 5.74) is 4.98. The molecule has 9 heteroatoms. The van der Waals surface area contributed by atoms with E-state index in [4.69, 9.17) is 14.7 Å². The zero-order chi connectivity index (χ0) is 28.7. The molecule has 42 heavy (non-hydrogen) atoms. The van der Waals surface area contributed by atoms with Crippen molar-refractivity contribution in [1.82, 2.24) is 25.1 Å². The van der Waals surface area contributed by atoms with E-state index in [-0.39, 0.29) is 11.6 Å². The van der Waals surface area contributed by atoms with Gasteiger partial charge in [-0.2, -0.15) is 15.2 Å². The van der Waals surface area contributed by atoms with Gasteiger partial charge in [-0.25, -0.2) is 0 Å². The Balaban J connectivity index is 1.19. The topological polar surface area (TPSA) is 83.8 Å². The van der Waals surface area contributed by atoms with Gasteiger partial charge in [-0.15, -0.1) is 0 Å². The molecule has 7 rings (SSSR count). The van der Waals surface area contributed by atoms with Crippen molar-refractivity contribution < 1.29 is 4.74 Å². The number of anilines is 2. The van der Waals surface area contributed by atoms with E-state index in [0.29, 0.717) is 19.0 Å². The molecule has 2 saturated heterocycles. The Labute approximate surface area is 249 Å². The van der Waals surface area contributed by atoms with Crippen LogP contribution in [0.15, 0.2) is 36.4 Å². The van der Waals surface area contributed by atoms with Gasteiger partial charge >= 0.3 is 6.01 Å². The Kier molecular flexibility index (Phi) is 7.39. The number of aryl methyl sites for hydroxylation is 1. The molecule has 3 fully saturated rings. The molecule has 0 radical (unpaired) electrons.